The van der Waals surface area contributed by atoms with Crippen molar-refractivity contribution in [3.05, 3.63) is 88.7 Å². The lowest BCUT2D eigenvalue weighted by molar-refractivity contribution is 0.0951. The molecule has 140 valence electrons. The van der Waals surface area contributed by atoms with E-state index < -0.39 is 0 Å². The summed E-state index contributed by atoms with van der Waals surface area (Å²) < 4.78 is 1.70. The van der Waals surface area contributed by atoms with E-state index in [2.05, 4.69) is 16.5 Å². The number of nitrogens with two attached hydrogens (primary N) is 1. The van der Waals surface area contributed by atoms with Crippen molar-refractivity contribution in [2.45, 2.75) is 19.5 Å². The highest BCUT2D eigenvalue weighted by Crippen LogP contribution is 2.08. The van der Waals surface area contributed by atoms with E-state index in [1.807, 2.05) is 36.4 Å². The minimum Gasteiger partial charge on any atom is -0.384 e. The van der Waals surface area contributed by atoms with Crippen molar-refractivity contribution in [1.29, 1.82) is 10.7 Å². The predicted molar refractivity (Wildman–Crippen MR) is 106 cm³/mol. The molecule has 0 atom stereocenters. The molecule has 0 spiro atoms. The summed E-state index contributed by atoms with van der Waals surface area (Å²) in [6.45, 7) is 0.926. The molecule has 0 aliphatic heterocycles. The quantitative estimate of drug-likeness (QED) is 0.435. The van der Waals surface area contributed by atoms with Gasteiger partial charge in [-0.1, -0.05) is 48.5 Å². The number of hydrogen-bond donors (Lipinski definition) is 3. The van der Waals surface area contributed by atoms with Crippen LogP contribution in [0.3, 0.4) is 0 Å². The highest BCUT2D eigenvalue weighted by Gasteiger charge is 2.09. The van der Waals surface area contributed by atoms with Crippen LogP contribution < -0.4 is 11.1 Å². The summed E-state index contributed by atoms with van der Waals surface area (Å²) in [4.78, 5) is 12.3. The number of nitrogens with one attached hydrogen (secondary N) is 2. The molecule has 3 rings (SSSR count). The fourth-order valence-electron chi connectivity index (χ4n) is 2.69. The molecule has 28 heavy (non-hydrogen) atoms. The topological polar surface area (TPSA) is 121 Å². The molecule has 7 nitrogen and oxygen atoms in total. The van der Waals surface area contributed by atoms with Gasteiger partial charge in [-0.2, -0.15) is 10.4 Å². The molecule has 0 bridgehead atoms. The van der Waals surface area contributed by atoms with Crippen LogP contribution in [0.25, 0.3) is 0 Å². The zero-order chi connectivity index (χ0) is 19.9. The Kier molecular flexibility index (Phi) is 5.82. The average Bonchev–Trinajstić information content (AvgIpc) is 3.17. The molecule has 0 radical (unpaired) electrons. The van der Waals surface area contributed by atoms with Crippen molar-refractivity contribution in [1.82, 2.24) is 15.1 Å². The van der Waals surface area contributed by atoms with Crippen molar-refractivity contribution in [3.8, 4) is 6.07 Å². The van der Waals surface area contributed by atoms with Crippen LogP contribution in [-0.2, 0) is 19.5 Å². The summed E-state index contributed by atoms with van der Waals surface area (Å²) in [5.41, 5.74) is 9.51. The van der Waals surface area contributed by atoms with Gasteiger partial charge in [-0.3, -0.25) is 14.9 Å². The van der Waals surface area contributed by atoms with E-state index >= 15 is 0 Å². The van der Waals surface area contributed by atoms with Crippen LogP contribution >= 0.6 is 0 Å². The Morgan fingerprint density at radius 3 is 2.36 bits per heavy atom. The number of amides is 1. The number of aromatic nitrogens is 2. The number of amidine groups is 1. The van der Waals surface area contributed by atoms with Gasteiger partial charge in [-0.05, 0) is 16.7 Å². The van der Waals surface area contributed by atoms with Gasteiger partial charge in [0.1, 0.15) is 5.84 Å². The Labute approximate surface area is 162 Å². The molecule has 0 saturated carbocycles. The van der Waals surface area contributed by atoms with Crippen molar-refractivity contribution in [3.63, 3.8) is 0 Å². The monoisotopic (exact) mass is 372 g/mol. The first kappa shape index (κ1) is 18.9. The predicted octanol–water partition coefficient (Wildman–Crippen LogP) is 2.21. The van der Waals surface area contributed by atoms with Gasteiger partial charge < -0.3 is 11.1 Å². The molecule has 2 aromatic carbocycles. The molecule has 1 aromatic heterocycles. The number of nitriles is 1. The van der Waals surface area contributed by atoms with Crippen LogP contribution in [0.4, 0.5) is 0 Å². The first-order chi connectivity index (χ1) is 13.5. The van der Waals surface area contributed by atoms with E-state index in [1.165, 1.54) is 6.20 Å². The Morgan fingerprint density at radius 1 is 1.07 bits per heavy atom. The normalized spacial score (nSPS) is 10.2. The van der Waals surface area contributed by atoms with Crippen molar-refractivity contribution >= 4 is 11.7 Å². The highest BCUT2D eigenvalue weighted by molar-refractivity contribution is 5.95. The summed E-state index contributed by atoms with van der Waals surface area (Å²) in [7, 11) is 0. The molecule has 1 amide bonds. The smallest absolute Gasteiger partial charge is 0.254 e. The van der Waals surface area contributed by atoms with Gasteiger partial charge in [0.15, 0.2) is 0 Å². The molecule has 0 fully saturated rings. The third-order valence-electron chi connectivity index (χ3n) is 4.26. The second-order valence-corrected chi connectivity index (χ2v) is 6.37. The van der Waals surface area contributed by atoms with Gasteiger partial charge >= 0.3 is 0 Å². The molecular formula is C21H20N6O. The van der Waals surface area contributed by atoms with Gasteiger partial charge in [0.05, 0.1) is 30.8 Å². The number of benzene rings is 2. The summed E-state index contributed by atoms with van der Waals surface area (Å²) in [6, 6.07) is 17.1. The van der Waals surface area contributed by atoms with Crippen molar-refractivity contribution < 1.29 is 4.79 Å². The zero-order valence-electron chi connectivity index (χ0n) is 15.2. The lowest BCUT2D eigenvalue weighted by Crippen LogP contribution is -2.22. The standard InChI is InChI=1S/C21H20N6O/c22-10-9-15-1-3-17(4-2-15)13-27-14-19(12-26-27)21(28)25-11-16-5-7-18(8-6-16)20(23)24/h1-8,12,14H,9,11,13H2,(H3,23,24)(H,25,28). The minimum atomic E-state index is -0.203. The molecule has 1 heterocycles. The number of carbonyl (C=O) groups excluding carboxylic acids is 1. The number of carbonyl (C=O) groups is 1. The molecule has 0 unspecified atom stereocenters. The Hall–Kier alpha value is -3.92. The molecule has 0 aliphatic rings. The molecule has 3 aromatic rings. The molecule has 4 N–H and O–H groups in total. The van der Waals surface area contributed by atoms with Crippen LogP contribution in [0, 0.1) is 16.7 Å². The summed E-state index contributed by atoms with van der Waals surface area (Å²) >= 11 is 0. The van der Waals surface area contributed by atoms with Crippen LogP contribution in [0.15, 0.2) is 60.9 Å². The minimum absolute atomic E-state index is 0.0164. The number of rotatable bonds is 7. The van der Waals surface area contributed by atoms with Crippen LogP contribution in [-0.4, -0.2) is 21.5 Å². The van der Waals surface area contributed by atoms with Gasteiger partial charge in [0.25, 0.3) is 5.91 Å². The zero-order valence-corrected chi connectivity index (χ0v) is 15.2. The van der Waals surface area contributed by atoms with Crippen LogP contribution in [0.2, 0.25) is 0 Å². The average molecular weight is 372 g/mol. The lowest BCUT2D eigenvalue weighted by Gasteiger charge is -2.05. The van der Waals surface area contributed by atoms with E-state index in [1.54, 1.807) is 23.0 Å². The maximum absolute atomic E-state index is 12.3. The maximum Gasteiger partial charge on any atom is 0.254 e. The second-order valence-electron chi connectivity index (χ2n) is 6.37. The third-order valence-corrected chi connectivity index (χ3v) is 4.26. The molecule has 0 aliphatic carbocycles. The first-order valence-corrected chi connectivity index (χ1v) is 8.74. The van der Waals surface area contributed by atoms with Gasteiger partial charge in [0, 0.05) is 18.3 Å². The number of hydrogen-bond acceptors (Lipinski definition) is 4. The van der Waals surface area contributed by atoms with E-state index in [0.29, 0.717) is 30.6 Å². The van der Waals surface area contributed by atoms with E-state index in [-0.39, 0.29) is 11.7 Å². The third kappa shape index (κ3) is 4.83. The van der Waals surface area contributed by atoms with E-state index in [9.17, 15) is 4.79 Å². The Balaban J connectivity index is 1.56. The van der Waals surface area contributed by atoms with Crippen LogP contribution in [0.5, 0.6) is 0 Å². The summed E-state index contributed by atoms with van der Waals surface area (Å²) in [6.07, 6.45) is 3.64. The fourth-order valence-corrected chi connectivity index (χ4v) is 2.69. The van der Waals surface area contributed by atoms with Gasteiger partial charge in [0.2, 0.25) is 0 Å². The Morgan fingerprint density at radius 2 is 1.71 bits per heavy atom. The SMILES string of the molecule is N#CCc1ccc(Cn2cc(C(=O)NCc3ccc(C(=N)N)cc3)cn2)cc1. The fraction of sp³-hybridized carbons (Fsp3) is 0.143. The number of nitrogen functional groups attached to an aromatic ring is 1. The van der Waals surface area contributed by atoms with Gasteiger partial charge in [-0.25, -0.2) is 0 Å². The largest absolute Gasteiger partial charge is 0.384 e. The first-order valence-electron chi connectivity index (χ1n) is 8.74. The van der Waals surface area contributed by atoms with E-state index in [4.69, 9.17) is 16.4 Å². The van der Waals surface area contributed by atoms with Crippen LogP contribution in [0.1, 0.15) is 32.6 Å². The summed E-state index contributed by atoms with van der Waals surface area (Å²) in [5, 5.41) is 23.2. The van der Waals surface area contributed by atoms with Crippen molar-refractivity contribution in [2.75, 3.05) is 0 Å². The molecule has 0 saturated heterocycles. The second kappa shape index (κ2) is 8.64. The summed E-state index contributed by atoms with van der Waals surface area (Å²) in [5.74, 6) is -0.186. The maximum atomic E-state index is 12.3. The molecule has 7 heteroatoms. The molecular weight excluding hydrogens is 352 g/mol. The highest BCUT2D eigenvalue weighted by atomic mass is 16.1. The number of nitrogens with zero attached hydrogens (tertiary/aromatic N) is 3. The van der Waals surface area contributed by atoms with Gasteiger partial charge in [-0.15, -0.1) is 0 Å². The lowest BCUT2D eigenvalue weighted by atomic mass is 10.1. The van der Waals surface area contributed by atoms with E-state index in [0.717, 1.165) is 16.7 Å². The Bertz CT molecular complexity index is 1010. The van der Waals surface area contributed by atoms with Crippen molar-refractivity contribution in [2.24, 2.45) is 5.73 Å².